The summed E-state index contributed by atoms with van der Waals surface area (Å²) in [5.41, 5.74) is -1.39. The molecular formula is C12H8F3IN2O. The van der Waals surface area contributed by atoms with Gasteiger partial charge in [-0.05, 0) is 46.4 Å². The molecule has 0 unspecified atom stereocenters. The smallest absolute Gasteiger partial charge is 0.295 e. The molecule has 0 aliphatic heterocycles. The fourth-order valence-electron chi connectivity index (χ4n) is 1.58. The summed E-state index contributed by atoms with van der Waals surface area (Å²) in [6.45, 7) is 0. The molecule has 100 valence electrons. The molecule has 1 aromatic carbocycles. The summed E-state index contributed by atoms with van der Waals surface area (Å²) >= 11 is 2.09. The molecule has 0 saturated carbocycles. The van der Waals surface area contributed by atoms with E-state index in [0.29, 0.717) is 5.56 Å². The van der Waals surface area contributed by atoms with Crippen LogP contribution in [0.15, 0.2) is 35.1 Å². The molecule has 0 bridgehead atoms. The lowest BCUT2D eigenvalue weighted by Gasteiger charge is -2.11. The standard InChI is InChI=1S/C12H8F3IN2O/c1-18-9(7-2-4-8(16)5-3-7)6-10(12(13,14)15)17-11(18)19/h2-6H,1H3. The highest BCUT2D eigenvalue weighted by molar-refractivity contribution is 14.1. The summed E-state index contributed by atoms with van der Waals surface area (Å²) < 4.78 is 40.0. The monoisotopic (exact) mass is 380 g/mol. The number of alkyl halides is 3. The van der Waals surface area contributed by atoms with E-state index in [1.807, 2.05) is 0 Å². The molecule has 2 aromatic rings. The van der Waals surface area contributed by atoms with Crippen molar-refractivity contribution in [3.63, 3.8) is 0 Å². The zero-order valence-electron chi connectivity index (χ0n) is 9.70. The van der Waals surface area contributed by atoms with Crippen molar-refractivity contribution >= 4 is 22.6 Å². The number of rotatable bonds is 1. The van der Waals surface area contributed by atoms with E-state index in [1.165, 1.54) is 7.05 Å². The van der Waals surface area contributed by atoms with E-state index < -0.39 is 17.6 Å². The van der Waals surface area contributed by atoms with Crippen molar-refractivity contribution in [3.8, 4) is 11.3 Å². The van der Waals surface area contributed by atoms with Crippen LogP contribution in [-0.4, -0.2) is 9.55 Å². The fraction of sp³-hybridized carbons (Fsp3) is 0.167. The SMILES string of the molecule is Cn1c(-c2ccc(I)cc2)cc(C(F)(F)F)nc1=O. The maximum atomic E-state index is 12.6. The summed E-state index contributed by atoms with van der Waals surface area (Å²) in [5.74, 6) is 0. The molecule has 0 N–H and O–H groups in total. The quantitative estimate of drug-likeness (QED) is 0.713. The van der Waals surface area contributed by atoms with Crippen LogP contribution < -0.4 is 5.69 Å². The Balaban J connectivity index is 2.66. The molecule has 0 fully saturated rings. The average molecular weight is 380 g/mol. The second-order valence-electron chi connectivity index (χ2n) is 3.87. The van der Waals surface area contributed by atoms with Crippen molar-refractivity contribution in [3.05, 3.63) is 50.1 Å². The van der Waals surface area contributed by atoms with Crippen LogP contribution in [0, 0.1) is 3.57 Å². The molecule has 0 spiro atoms. The number of hydrogen-bond donors (Lipinski definition) is 0. The van der Waals surface area contributed by atoms with Gasteiger partial charge in [-0.15, -0.1) is 0 Å². The van der Waals surface area contributed by atoms with Crippen molar-refractivity contribution < 1.29 is 13.2 Å². The molecule has 0 radical (unpaired) electrons. The lowest BCUT2D eigenvalue weighted by atomic mass is 10.1. The first-order chi connectivity index (χ1) is 8.79. The largest absolute Gasteiger partial charge is 0.433 e. The summed E-state index contributed by atoms with van der Waals surface area (Å²) in [6, 6.07) is 7.72. The van der Waals surface area contributed by atoms with Gasteiger partial charge in [0, 0.05) is 10.6 Å². The minimum absolute atomic E-state index is 0.184. The predicted molar refractivity (Wildman–Crippen MR) is 72.6 cm³/mol. The van der Waals surface area contributed by atoms with Crippen LogP contribution in [0.1, 0.15) is 5.69 Å². The highest BCUT2D eigenvalue weighted by atomic mass is 127. The first-order valence-corrected chi connectivity index (χ1v) is 6.28. The van der Waals surface area contributed by atoms with Crippen LogP contribution in [0.4, 0.5) is 13.2 Å². The number of hydrogen-bond acceptors (Lipinski definition) is 2. The number of halogens is 4. The Morgan fingerprint density at radius 1 is 1.21 bits per heavy atom. The van der Waals surface area contributed by atoms with E-state index in [0.717, 1.165) is 14.2 Å². The van der Waals surface area contributed by atoms with E-state index >= 15 is 0 Å². The topological polar surface area (TPSA) is 34.9 Å². The maximum Gasteiger partial charge on any atom is 0.433 e. The third kappa shape index (κ3) is 2.96. The molecule has 7 heteroatoms. The van der Waals surface area contributed by atoms with Crippen LogP contribution in [0.3, 0.4) is 0 Å². The van der Waals surface area contributed by atoms with Gasteiger partial charge in [-0.2, -0.15) is 18.2 Å². The summed E-state index contributed by atoms with van der Waals surface area (Å²) in [5, 5.41) is 0. The zero-order valence-corrected chi connectivity index (χ0v) is 11.9. The van der Waals surface area contributed by atoms with Gasteiger partial charge >= 0.3 is 11.9 Å². The normalized spacial score (nSPS) is 11.6. The first-order valence-electron chi connectivity index (χ1n) is 5.20. The van der Waals surface area contributed by atoms with Crippen molar-refractivity contribution in [2.45, 2.75) is 6.18 Å². The molecule has 1 aromatic heterocycles. The van der Waals surface area contributed by atoms with Gasteiger partial charge in [-0.3, -0.25) is 4.57 Å². The molecule has 1 heterocycles. The Kier molecular flexibility index (Phi) is 3.66. The third-order valence-electron chi connectivity index (χ3n) is 2.57. The van der Waals surface area contributed by atoms with Crippen LogP contribution >= 0.6 is 22.6 Å². The highest BCUT2D eigenvalue weighted by Crippen LogP contribution is 2.29. The number of nitrogens with zero attached hydrogens (tertiary/aromatic N) is 2. The van der Waals surface area contributed by atoms with E-state index in [9.17, 15) is 18.0 Å². The molecule has 0 atom stereocenters. The van der Waals surface area contributed by atoms with Gasteiger partial charge in [0.1, 0.15) is 0 Å². The maximum absolute atomic E-state index is 12.6. The van der Waals surface area contributed by atoms with Crippen LogP contribution in [0.2, 0.25) is 0 Å². The van der Waals surface area contributed by atoms with Crippen molar-refractivity contribution in [2.24, 2.45) is 7.05 Å². The summed E-state index contributed by atoms with van der Waals surface area (Å²) in [6.07, 6.45) is -4.63. The molecule has 2 rings (SSSR count). The van der Waals surface area contributed by atoms with Crippen LogP contribution in [0.25, 0.3) is 11.3 Å². The lowest BCUT2D eigenvalue weighted by Crippen LogP contribution is -2.26. The fourth-order valence-corrected chi connectivity index (χ4v) is 1.94. The van der Waals surface area contributed by atoms with Gasteiger partial charge in [0.15, 0.2) is 5.69 Å². The van der Waals surface area contributed by atoms with Gasteiger partial charge in [0.05, 0.1) is 5.69 Å². The molecule has 3 nitrogen and oxygen atoms in total. The molecule has 0 saturated heterocycles. The third-order valence-corrected chi connectivity index (χ3v) is 3.29. The minimum atomic E-state index is -4.63. The Labute approximate surface area is 120 Å². The molecule has 0 aliphatic rings. The van der Waals surface area contributed by atoms with E-state index in [-0.39, 0.29) is 5.69 Å². The van der Waals surface area contributed by atoms with Crippen LogP contribution in [0.5, 0.6) is 0 Å². The van der Waals surface area contributed by atoms with Gasteiger partial charge in [0.2, 0.25) is 0 Å². The second-order valence-corrected chi connectivity index (χ2v) is 5.12. The van der Waals surface area contributed by atoms with Crippen LogP contribution in [-0.2, 0) is 13.2 Å². The summed E-state index contributed by atoms with van der Waals surface area (Å²) in [4.78, 5) is 14.5. The molecular weight excluding hydrogens is 372 g/mol. The zero-order chi connectivity index (χ0) is 14.2. The molecule has 0 amide bonds. The first kappa shape index (κ1) is 14.0. The number of benzene rings is 1. The summed E-state index contributed by atoms with van der Waals surface area (Å²) in [7, 11) is 1.39. The lowest BCUT2D eigenvalue weighted by molar-refractivity contribution is -0.141. The molecule has 0 aliphatic carbocycles. The Hall–Kier alpha value is -1.38. The number of aromatic nitrogens is 2. The molecule has 19 heavy (non-hydrogen) atoms. The van der Waals surface area contributed by atoms with E-state index in [4.69, 9.17) is 0 Å². The Morgan fingerprint density at radius 2 is 1.79 bits per heavy atom. The van der Waals surface area contributed by atoms with Gasteiger partial charge in [-0.1, -0.05) is 12.1 Å². The van der Waals surface area contributed by atoms with Crippen molar-refractivity contribution in [1.82, 2.24) is 9.55 Å². The van der Waals surface area contributed by atoms with Crippen molar-refractivity contribution in [2.75, 3.05) is 0 Å². The highest BCUT2D eigenvalue weighted by Gasteiger charge is 2.33. The van der Waals surface area contributed by atoms with Gasteiger partial charge in [-0.25, -0.2) is 4.79 Å². The van der Waals surface area contributed by atoms with Gasteiger partial charge in [0.25, 0.3) is 0 Å². The van der Waals surface area contributed by atoms with E-state index in [1.54, 1.807) is 24.3 Å². The Bertz CT molecular complexity index is 662. The second kappa shape index (κ2) is 4.95. The minimum Gasteiger partial charge on any atom is -0.295 e. The Morgan fingerprint density at radius 3 is 2.32 bits per heavy atom. The van der Waals surface area contributed by atoms with Crippen molar-refractivity contribution in [1.29, 1.82) is 0 Å². The predicted octanol–water partition coefficient (Wildman–Crippen LogP) is 3.07. The van der Waals surface area contributed by atoms with E-state index in [2.05, 4.69) is 27.6 Å². The average Bonchev–Trinajstić information content (AvgIpc) is 2.32. The van der Waals surface area contributed by atoms with Gasteiger partial charge < -0.3 is 0 Å².